The summed E-state index contributed by atoms with van der Waals surface area (Å²) in [5.41, 5.74) is 5.81. The molecule has 9 heteroatoms. The van der Waals surface area contributed by atoms with Gasteiger partial charge in [-0.3, -0.25) is 10.1 Å². The maximum Gasteiger partial charge on any atom is 0.331 e. The molecule has 1 aromatic heterocycles. The van der Waals surface area contributed by atoms with Crippen LogP contribution in [0.5, 0.6) is 0 Å². The highest BCUT2D eigenvalue weighted by molar-refractivity contribution is 5.85. The van der Waals surface area contributed by atoms with E-state index < -0.39 is 4.92 Å². The quantitative estimate of drug-likeness (QED) is 0.638. The van der Waals surface area contributed by atoms with Gasteiger partial charge >= 0.3 is 5.69 Å². The summed E-state index contributed by atoms with van der Waals surface area (Å²) in [6.45, 7) is 1.40. The van der Waals surface area contributed by atoms with Crippen molar-refractivity contribution in [2.24, 2.45) is 12.8 Å². The van der Waals surface area contributed by atoms with Gasteiger partial charge in [0.05, 0.1) is 4.92 Å². The summed E-state index contributed by atoms with van der Waals surface area (Å²) in [5.74, 6) is 0.549. The second kappa shape index (κ2) is 6.04. The maximum atomic E-state index is 10.8. The van der Waals surface area contributed by atoms with Crippen LogP contribution in [0.3, 0.4) is 0 Å². The predicted octanol–water partition coefficient (Wildman–Crippen LogP) is 0.709. The summed E-state index contributed by atoms with van der Waals surface area (Å²) in [4.78, 5) is 12.3. The molecule has 1 aliphatic rings. The van der Waals surface area contributed by atoms with Gasteiger partial charge in [0.1, 0.15) is 6.20 Å². The Morgan fingerprint density at radius 2 is 2.24 bits per heavy atom. The highest BCUT2D eigenvalue weighted by Gasteiger charge is 2.29. The number of hydrogen-bond acceptors (Lipinski definition) is 5. The lowest BCUT2D eigenvalue weighted by Gasteiger charge is -2.16. The summed E-state index contributed by atoms with van der Waals surface area (Å²) >= 11 is 0. The Morgan fingerprint density at radius 1 is 1.59 bits per heavy atom. The standard InChI is InChI=1S/C8H13N5O2.2ClH/c1-11-8(7(4-10-11)13(14)15)12-3-2-6(9)5-12;;/h4,6H,2-3,5,9H2,1H3;2*1H/t6-;;/m0../s1. The van der Waals surface area contributed by atoms with Crippen molar-refractivity contribution in [3.8, 4) is 0 Å². The van der Waals surface area contributed by atoms with Crippen molar-refractivity contribution in [3.63, 3.8) is 0 Å². The van der Waals surface area contributed by atoms with E-state index in [1.54, 1.807) is 7.05 Å². The topological polar surface area (TPSA) is 90.2 Å². The van der Waals surface area contributed by atoms with Gasteiger partial charge in [0.2, 0.25) is 5.82 Å². The van der Waals surface area contributed by atoms with Crippen molar-refractivity contribution in [1.82, 2.24) is 9.78 Å². The molecule has 1 aliphatic heterocycles. The van der Waals surface area contributed by atoms with Crippen LogP contribution in [0.2, 0.25) is 0 Å². The van der Waals surface area contributed by atoms with Gasteiger partial charge in [-0.25, -0.2) is 4.68 Å². The van der Waals surface area contributed by atoms with Crippen LogP contribution in [0, 0.1) is 10.1 Å². The smallest absolute Gasteiger partial charge is 0.331 e. The van der Waals surface area contributed by atoms with Gasteiger partial charge in [-0.15, -0.1) is 24.8 Å². The summed E-state index contributed by atoms with van der Waals surface area (Å²) in [6, 6.07) is 0.0968. The van der Waals surface area contributed by atoms with Crippen molar-refractivity contribution in [3.05, 3.63) is 16.3 Å². The van der Waals surface area contributed by atoms with E-state index in [4.69, 9.17) is 5.73 Å². The molecule has 17 heavy (non-hydrogen) atoms. The monoisotopic (exact) mass is 283 g/mol. The Morgan fingerprint density at radius 3 is 2.71 bits per heavy atom. The SMILES string of the molecule is Cl.Cl.Cn1ncc([N+](=O)[O-])c1N1CC[C@H](N)C1. The molecule has 1 atom stereocenters. The average molecular weight is 284 g/mol. The minimum atomic E-state index is -0.411. The molecule has 0 bridgehead atoms. The maximum absolute atomic E-state index is 10.8. The zero-order valence-electron chi connectivity index (χ0n) is 9.28. The number of hydrogen-bond donors (Lipinski definition) is 1. The Bertz CT molecular complexity index is 397. The lowest BCUT2D eigenvalue weighted by Crippen LogP contribution is -2.28. The van der Waals surface area contributed by atoms with E-state index in [1.807, 2.05) is 4.90 Å². The van der Waals surface area contributed by atoms with Crippen molar-refractivity contribution < 1.29 is 4.92 Å². The van der Waals surface area contributed by atoms with Crippen LogP contribution in [0.1, 0.15) is 6.42 Å². The van der Waals surface area contributed by atoms with E-state index in [-0.39, 0.29) is 36.5 Å². The third kappa shape index (κ3) is 2.99. The Kier molecular flexibility index (Phi) is 5.67. The van der Waals surface area contributed by atoms with Crippen LogP contribution in [0.25, 0.3) is 0 Å². The molecule has 0 radical (unpaired) electrons. The fraction of sp³-hybridized carbons (Fsp3) is 0.625. The van der Waals surface area contributed by atoms with Gasteiger partial charge in [-0.1, -0.05) is 0 Å². The Hall–Kier alpha value is -1.05. The molecule has 0 aliphatic carbocycles. The van der Waals surface area contributed by atoms with E-state index in [0.717, 1.165) is 13.0 Å². The fourth-order valence-corrected chi connectivity index (χ4v) is 1.89. The van der Waals surface area contributed by atoms with Crippen molar-refractivity contribution in [1.29, 1.82) is 0 Å². The second-order valence-corrected chi connectivity index (χ2v) is 3.73. The number of anilines is 1. The summed E-state index contributed by atoms with van der Waals surface area (Å²) in [7, 11) is 1.70. The molecule has 0 unspecified atom stereocenters. The Labute approximate surface area is 111 Å². The second-order valence-electron chi connectivity index (χ2n) is 3.73. The number of aromatic nitrogens is 2. The molecule has 2 N–H and O–H groups in total. The van der Waals surface area contributed by atoms with Gasteiger partial charge in [0.15, 0.2) is 0 Å². The molecule has 0 spiro atoms. The summed E-state index contributed by atoms with van der Waals surface area (Å²) < 4.78 is 1.52. The molecule has 98 valence electrons. The first-order valence-corrected chi connectivity index (χ1v) is 4.76. The third-order valence-electron chi connectivity index (χ3n) is 2.61. The highest BCUT2D eigenvalue weighted by atomic mass is 35.5. The van der Waals surface area contributed by atoms with Gasteiger partial charge in [-0.05, 0) is 6.42 Å². The van der Waals surface area contributed by atoms with Gasteiger partial charge in [0, 0.05) is 26.2 Å². The molecule has 2 heterocycles. The largest absolute Gasteiger partial charge is 0.349 e. The van der Waals surface area contributed by atoms with E-state index >= 15 is 0 Å². The number of nitrogens with zero attached hydrogens (tertiary/aromatic N) is 4. The average Bonchev–Trinajstić information content (AvgIpc) is 2.71. The zero-order chi connectivity index (χ0) is 11.0. The minimum Gasteiger partial charge on any atom is -0.349 e. The molecular formula is C8H15Cl2N5O2. The van der Waals surface area contributed by atoms with E-state index in [1.165, 1.54) is 10.9 Å². The summed E-state index contributed by atoms with van der Waals surface area (Å²) in [5, 5.41) is 14.7. The van der Waals surface area contributed by atoms with Gasteiger partial charge in [-0.2, -0.15) is 5.10 Å². The number of nitro groups is 1. The first-order chi connectivity index (χ1) is 7.09. The fourth-order valence-electron chi connectivity index (χ4n) is 1.89. The van der Waals surface area contributed by atoms with Crippen molar-refractivity contribution in [2.75, 3.05) is 18.0 Å². The number of rotatable bonds is 2. The number of halogens is 2. The van der Waals surface area contributed by atoms with Crippen LogP contribution in [-0.4, -0.2) is 33.8 Å². The van der Waals surface area contributed by atoms with E-state index in [0.29, 0.717) is 12.4 Å². The van der Waals surface area contributed by atoms with Crippen LogP contribution < -0.4 is 10.6 Å². The van der Waals surface area contributed by atoms with Crippen molar-refractivity contribution >= 4 is 36.3 Å². The molecule has 0 amide bonds. The summed E-state index contributed by atoms with van der Waals surface area (Å²) in [6.07, 6.45) is 2.14. The number of nitrogens with two attached hydrogens (primary N) is 1. The minimum absolute atomic E-state index is 0. The predicted molar refractivity (Wildman–Crippen MR) is 69.2 cm³/mol. The van der Waals surface area contributed by atoms with Crippen LogP contribution in [0.4, 0.5) is 11.5 Å². The van der Waals surface area contributed by atoms with Gasteiger partial charge in [0.25, 0.3) is 0 Å². The van der Waals surface area contributed by atoms with E-state index in [2.05, 4.69) is 5.10 Å². The molecule has 1 saturated heterocycles. The first-order valence-electron chi connectivity index (χ1n) is 4.76. The first kappa shape index (κ1) is 16.0. The third-order valence-corrected chi connectivity index (χ3v) is 2.61. The van der Waals surface area contributed by atoms with Crippen LogP contribution >= 0.6 is 24.8 Å². The molecule has 2 rings (SSSR count). The highest BCUT2D eigenvalue weighted by Crippen LogP contribution is 2.29. The lowest BCUT2D eigenvalue weighted by atomic mass is 10.3. The molecule has 0 saturated carbocycles. The molecule has 1 aromatic rings. The molecular weight excluding hydrogens is 269 g/mol. The molecule has 7 nitrogen and oxygen atoms in total. The Balaban J connectivity index is 0.00000128. The zero-order valence-corrected chi connectivity index (χ0v) is 10.9. The van der Waals surface area contributed by atoms with Crippen LogP contribution in [0.15, 0.2) is 6.20 Å². The lowest BCUT2D eigenvalue weighted by molar-refractivity contribution is -0.384. The van der Waals surface area contributed by atoms with Crippen molar-refractivity contribution in [2.45, 2.75) is 12.5 Å². The molecule has 0 aromatic carbocycles. The van der Waals surface area contributed by atoms with E-state index in [9.17, 15) is 10.1 Å². The van der Waals surface area contributed by atoms with Gasteiger partial charge < -0.3 is 10.6 Å². The number of aryl methyl sites for hydroxylation is 1. The molecule has 1 fully saturated rings. The normalized spacial score (nSPS) is 18.5. The van der Waals surface area contributed by atoms with Crippen LogP contribution in [-0.2, 0) is 7.05 Å².